The molecule has 2 aromatic carbocycles. The van der Waals surface area contributed by atoms with Crippen molar-refractivity contribution in [3.8, 4) is 6.07 Å². The molecule has 0 fully saturated rings. The lowest BCUT2D eigenvalue weighted by Gasteiger charge is -2.11. The molecule has 0 N–H and O–H groups in total. The topological polar surface area (TPSA) is 72.1 Å². The summed E-state index contributed by atoms with van der Waals surface area (Å²) in [5, 5.41) is 10.1. The van der Waals surface area contributed by atoms with E-state index in [0.717, 1.165) is 22.0 Å². The Balaban J connectivity index is 2.05. The summed E-state index contributed by atoms with van der Waals surface area (Å²) in [6.07, 6.45) is 2.42. The van der Waals surface area contributed by atoms with E-state index >= 15 is 0 Å². The van der Waals surface area contributed by atoms with Gasteiger partial charge in [0.15, 0.2) is 11.0 Å². The van der Waals surface area contributed by atoms with Gasteiger partial charge in [0, 0.05) is 18.0 Å². The van der Waals surface area contributed by atoms with E-state index in [9.17, 15) is 14.3 Å². The second-order valence-corrected chi connectivity index (χ2v) is 7.52. The van der Waals surface area contributed by atoms with E-state index in [-0.39, 0.29) is 12.4 Å². The van der Waals surface area contributed by atoms with Crippen LogP contribution in [0.3, 0.4) is 0 Å². The minimum absolute atomic E-state index is 0.233. The highest BCUT2D eigenvalue weighted by Crippen LogP contribution is 2.27. The molecule has 0 aliphatic carbocycles. The van der Waals surface area contributed by atoms with E-state index in [4.69, 9.17) is 4.74 Å². The lowest BCUT2D eigenvalue weighted by molar-refractivity contribution is -0.143. The Bertz CT molecular complexity index is 1050. The van der Waals surface area contributed by atoms with Crippen molar-refractivity contribution in [3.63, 3.8) is 0 Å². The lowest BCUT2D eigenvalue weighted by Crippen LogP contribution is -2.08. The zero-order chi connectivity index (χ0) is 19.4. The van der Waals surface area contributed by atoms with Crippen molar-refractivity contribution in [2.24, 2.45) is 0 Å². The molecule has 0 spiro atoms. The van der Waals surface area contributed by atoms with Crippen molar-refractivity contribution in [1.29, 1.82) is 5.26 Å². The highest BCUT2D eigenvalue weighted by Gasteiger charge is 2.16. The zero-order valence-corrected chi connectivity index (χ0v) is 16.1. The summed E-state index contributed by atoms with van der Waals surface area (Å²) >= 11 is 0. The quantitative estimate of drug-likeness (QED) is 0.608. The number of hydrogen-bond acceptors (Lipinski definition) is 4. The molecule has 3 aromatic rings. The molecule has 0 bridgehead atoms. The molecule has 1 heterocycles. The number of carbonyl (C=O) groups is 1. The Kier molecular flexibility index (Phi) is 5.72. The van der Waals surface area contributed by atoms with Crippen LogP contribution >= 0.6 is 0 Å². The van der Waals surface area contributed by atoms with Crippen molar-refractivity contribution in [1.82, 2.24) is 3.97 Å². The van der Waals surface area contributed by atoms with Gasteiger partial charge in [-0.15, -0.1) is 0 Å². The molecule has 1 aromatic heterocycles. The second kappa shape index (κ2) is 8.19. The molecule has 1 atom stereocenters. The van der Waals surface area contributed by atoms with E-state index in [1.165, 1.54) is 0 Å². The molecule has 27 heavy (non-hydrogen) atoms. The van der Waals surface area contributed by atoms with Crippen LogP contribution in [0.2, 0.25) is 0 Å². The average molecular weight is 380 g/mol. The Labute approximate surface area is 160 Å². The van der Waals surface area contributed by atoms with Gasteiger partial charge in [0.1, 0.15) is 0 Å². The Morgan fingerprint density at radius 1 is 1.19 bits per heavy atom. The number of aryl methyl sites for hydroxylation is 2. The first kappa shape index (κ1) is 18.9. The van der Waals surface area contributed by atoms with E-state index in [1.54, 1.807) is 29.2 Å². The molecular formula is C21H20N2O3S. The number of nitrogens with zero attached hydrogens (tertiary/aromatic N) is 2. The van der Waals surface area contributed by atoms with Crippen LogP contribution in [0, 0.1) is 18.3 Å². The van der Waals surface area contributed by atoms with E-state index in [1.807, 2.05) is 37.3 Å². The SMILES string of the molecule is CCOC(=O)CCc1ccc(C#N)c2ccn(S(=O)c3ccc(C)cc3)c12. The second-order valence-electron chi connectivity index (χ2n) is 6.16. The monoisotopic (exact) mass is 380 g/mol. The molecule has 0 saturated carbocycles. The molecule has 0 amide bonds. The standard InChI is InChI=1S/C21H20N2O3S/c1-3-26-20(24)11-8-16-6-7-17(14-22)19-12-13-23(21(16)19)27(25)18-9-4-15(2)5-10-18/h4-7,9-10,12-13H,3,8,11H2,1-2H3. The van der Waals surface area contributed by atoms with Crippen molar-refractivity contribution in [2.75, 3.05) is 6.61 Å². The van der Waals surface area contributed by atoms with Gasteiger partial charge in [0.25, 0.3) is 0 Å². The fourth-order valence-electron chi connectivity index (χ4n) is 2.97. The maximum atomic E-state index is 13.1. The average Bonchev–Trinajstić information content (AvgIpc) is 3.12. The fourth-order valence-corrected chi connectivity index (χ4v) is 4.12. The fraction of sp³-hybridized carbons (Fsp3) is 0.238. The summed E-state index contributed by atoms with van der Waals surface area (Å²) in [7, 11) is -1.45. The largest absolute Gasteiger partial charge is 0.466 e. The number of carbonyl (C=O) groups excluding carboxylic acids is 1. The third kappa shape index (κ3) is 3.93. The molecule has 0 aliphatic rings. The highest BCUT2D eigenvalue weighted by molar-refractivity contribution is 7.83. The first-order chi connectivity index (χ1) is 13.0. The Morgan fingerprint density at radius 2 is 1.93 bits per heavy atom. The molecule has 3 rings (SSSR count). The van der Waals surface area contributed by atoms with Crippen LogP contribution < -0.4 is 0 Å². The van der Waals surface area contributed by atoms with Crippen LogP contribution in [0.4, 0.5) is 0 Å². The van der Waals surface area contributed by atoms with Gasteiger partial charge in [-0.25, -0.2) is 4.21 Å². The van der Waals surface area contributed by atoms with Gasteiger partial charge in [-0.2, -0.15) is 5.26 Å². The normalized spacial score (nSPS) is 11.9. The summed E-state index contributed by atoms with van der Waals surface area (Å²) < 4.78 is 19.8. The van der Waals surface area contributed by atoms with Crippen molar-refractivity contribution < 1.29 is 13.7 Å². The van der Waals surface area contributed by atoms with Crippen molar-refractivity contribution in [2.45, 2.75) is 31.6 Å². The number of esters is 1. The molecule has 5 nitrogen and oxygen atoms in total. The van der Waals surface area contributed by atoms with Gasteiger partial charge in [-0.05, 0) is 50.1 Å². The van der Waals surface area contributed by atoms with Crippen molar-refractivity contribution in [3.05, 3.63) is 65.4 Å². The summed E-state index contributed by atoms with van der Waals surface area (Å²) in [5.41, 5.74) is 3.19. The molecule has 138 valence electrons. The van der Waals surface area contributed by atoms with Crippen molar-refractivity contribution >= 4 is 27.9 Å². The predicted molar refractivity (Wildman–Crippen MR) is 105 cm³/mol. The third-order valence-corrected chi connectivity index (χ3v) is 5.66. The molecule has 0 saturated heterocycles. The summed E-state index contributed by atoms with van der Waals surface area (Å²) in [6.45, 7) is 4.09. The minimum atomic E-state index is -1.45. The molecule has 6 heteroatoms. The van der Waals surface area contributed by atoms with Gasteiger partial charge in [0.2, 0.25) is 0 Å². The first-order valence-electron chi connectivity index (χ1n) is 8.72. The van der Waals surface area contributed by atoms with Gasteiger partial charge < -0.3 is 4.74 Å². The highest BCUT2D eigenvalue weighted by atomic mass is 32.2. The van der Waals surface area contributed by atoms with Crippen LogP contribution in [0.5, 0.6) is 0 Å². The van der Waals surface area contributed by atoms with Crippen LogP contribution in [0.25, 0.3) is 10.9 Å². The van der Waals surface area contributed by atoms with Crippen LogP contribution in [0.1, 0.15) is 30.0 Å². The zero-order valence-electron chi connectivity index (χ0n) is 15.3. The molecule has 1 unspecified atom stereocenters. The smallest absolute Gasteiger partial charge is 0.306 e. The van der Waals surface area contributed by atoms with Gasteiger partial charge in [-0.3, -0.25) is 8.77 Å². The molecule has 0 aliphatic heterocycles. The first-order valence-corrected chi connectivity index (χ1v) is 9.83. The Hall–Kier alpha value is -2.91. The van der Waals surface area contributed by atoms with Crippen LogP contribution in [-0.4, -0.2) is 20.8 Å². The van der Waals surface area contributed by atoms with Gasteiger partial charge in [0.05, 0.1) is 28.7 Å². The number of aromatic nitrogens is 1. The van der Waals surface area contributed by atoms with Crippen LogP contribution in [0.15, 0.2) is 53.6 Å². The van der Waals surface area contributed by atoms with E-state index in [0.29, 0.717) is 23.5 Å². The number of nitriles is 1. The van der Waals surface area contributed by atoms with E-state index < -0.39 is 11.0 Å². The third-order valence-electron chi connectivity index (χ3n) is 4.32. The summed E-state index contributed by atoms with van der Waals surface area (Å²) in [4.78, 5) is 12.4. The molecular weight excluding hydrogens is 360 g/mol. The number of rotatable bonds is 6. The lowest BCUT2D eigenvalue weighted by atomic mass is 10.0. The number of benzene rings is 2. The Morgan fingerprint density at radius 3 is 2.59 bits per heavy atom. The molecule has 0 radical (unpaired) electrons. The van der Waals surface area contributed by atoms with Gasteiger partial charge >= 0.3 is 5.97 Å². The maximum Gasteiger partial charge on any atom is 0.306 e. The summed E-state index contributed by atoms with van der Waals surface area (Å²) in [5.74, 6) is -0.271. The van der Waals surface area contributed by atoms with Crippen LogP contribution in [-0.2, 0) is 26.9 Å². The number of ether oxygens (including phenoxy) is 1. The number of hydrogen-bond donors (Lipinski definition) is 0. The van der Waals surface area contributed by atoms with Gasteiger partial charge in [-0.1, -0.05) is 23.8 Å². The minimum Gasteiger partial charge on any atom is -0.466 e. The maximum absolute atomic E-state index is 13.1. The summed E-state index contributed by atoms with van der Waals surface area (Å²) in [6, 6.07) is 15.0. The predicted octanol–water partition coefficient (Wildman–Crippen LogP) is 3.89. The number of fused-ring (bicyclic) bond motifs is 1. The van der Waals surface area contributed by atoms with E-state index in [2.05, 4.69) is 6.07 Å².